The minimum atomic E-state index is -4.62. The van der Waals surface area contributed by atoms with Crippen molar-refractivity contribution in [1.82, 2.24) is 29.7 Å². The van der Waals surface area contributed by atoms with Crippen LogP contribution in [0.3, 0.4) is 0 Å². The molecule has 188 valence electrons. The molecule has 3 aromatic rings. The summed E-state index contributed by atoms with van der Waals surface area (Å²) in [7, 11) is 0. The molecule has 3 aromatic heterocycles. The van der Waals surface area contributed by atoms with Gasteiger partial charge in [-0.2, -0.15) is 13.2 Å². The molecule has 13 heteroatoms. The van der Waals surface area contributed by atoms with Gasteiger partial charge in [-0.15, -0.1) is 5.10 Å². The van der Waals surface area contributed by atoms with Gasteiger partial charge < -0.3 is 10.5 Å². The van der Waals surface area contributed by atoms with Crippen LogP contribution in [0.25, 0.3) is 23.2 Å². The maximum Gasteiger partial charge on any atom is 0.433 e. The third-order valence-electron chi connectivity index (χ3n) is 4.97. The summed E-state index contributed by atoms with van der Waals surface area (Å²) in [6.07, 6.45) is 1.83. The first-order valence-corrected chi connectivity index (χ1v) is 10.9. The number of nitrogens with zero attached hydrogens (tertiary/aromatic N) is 6. The molecule has 0 bridgehead atoms. The quantitative estimate of drug-likeness (QED) is 0.400. The fourth-order valence-corrected chi connectivity index (χ4v) is 3.19. The molecule has 36 heavy (non-hydrogen) atoms. The van der Waals surface area contributed by atoms with E-state index in [-0.39, 0.29) is 34.3 Å². The van der Waals surface area contributed by atoms with Crippen molar-refractivity contribution in [2.45, 2.75) is 51.3 Å². The van der Waals surface area contributed by atoms with E-state index < -0.39 is 29.3 Å². The van der Waals surface area contributed by atoms with Crippen molar-refractivity contribution in [2.75, 3.05) is 0 Å². The molecule has 1 fully saturated rings. The number of esters is 1. The van der Waals surface area contributed by atoms with E-state index in [4.69, 9.17) is 10.5 Å². The zero-order valence-electron chi connectivity index (χ0n) is 19.6. The molecule has 0 radical (unpaired) electrons. The van der Waals surface area contributed by atoms with E-state index in [0.29, 0.717) is 5.69 Å². The van der Waals surface area contributed by atoms with Gasteiger partial charge in [-0.05, 0) is 45.7 Å². The number of alkyl halides is 3. The largest absolute Gasteiger partial charge is 0.454 e. The molecular formula is C23H22F3N7O3. The predicted octanol–water partition coefficient (Wildman–Crippen LogP) is 3.47. The third-order valence-corrected chi connectivity index (χ3v) is 4.97. The van der Waals surface area contributed by atoms with E-state index in [0.717, 1.165) is 23.6 Å². The van der Waals surface area contributed by atoms with Gasteiger partial charge in [0.05, 0.1) is 5.57 Å². The lowest BCUT2D eigenvalue weighted by Crippen LogP contribution is -2.25. The van der Waals surface area contributed by atoms with Gasteiger partial charge in [0.15, 0.2) is 5.82 Å². The van der Waals surface area contributed by atoms with Crippen molar-refractivity contribution in [3.05, 3.63) is 53.6 Å². The highest BCUT2D eigenvalue weighted by Crippen LogP contribution is 2.41. The topological polar surface area (TPSA) is 139 Å². The zero-order chi connectivity index (χ0) is 26.3. The third kappa shape index (κ3) is 5.90. The Hall–Kier alpha value is -4.16. The number of carbonyl (C=O) groups is 2. The predicted molar refractivity (Wildman–Crippen MR) is 121 cm³/mol. The fourth-order valence-electron chi connectivity index (χ4n) is 3.19. The number of carbonyl (C=O) groups excluding carboxylic acids is 2. The van der Waals surface area contributed by atoms with Crippen LogP contribution in [0.15, 0.2) is 30.9 Å². The Kier molecular flexibility index (Phi) is 6.33. The van der Waals surface area contributed by atoms with Gasteiger partial charge in [0.2, 0.25) is 5.82 Å². The molecule has 0 aliphatic heterocycles. The molecule has 1 saturated carbocycles. The van der Waals surface area contributed by atoms with Crippen LogP contribution in [-0.2, 0) is 15.7 Å². The maximum absolute atomic E-state index is 13.4. The standard InChI is InChI=1S/C23H22F3N7O3/c1-22(2,3)36-21(35)20-28-8-14(9-29-20)15(18(27)34)10-33-11-30-19(32-33)13-6-16(12-4-5-12)31-17(7-13)23(24,25)26/h6-12H,4-5H2,1-3H3,(H2,27,34)/b15-10+. The van der Waals surface area contributed by atoms with Crippen LogP contribution in [0, 0.1) is 0 Å². The number of hydrogen-bond donors (Lipinski definition) is 1. The second-order valence-corrected chi connectivity index (χ2v) is 9.19. The van der Waals surface area contributed by atoms with Crippen LogP contribution >= 0.6 is 0 Å². The van der Waals surface area contributed by atoms with E-state index in [1.807, 2.05) is 0 Å². The van der Waals surface area contributed by atoms with Gasteiger partial charge in [-0.1, -0.05) is 0 Å². The van der Waals surface area contributed by atoms with E-state index in [1.54, 1.807) is 20.8 Å². The van der Waals surface area contributed by atoms with Gasteiger partial charge in [-0.3, -0.25) is 4.79 Å². The van der Waals surface area contributed by atoms with E-state index in [1.165, 1.54) is 31.0 Å². The number of hydrogen-bond acceptors (Lipinski definition) is 8. The van der Waals surface area contributed by atoms with Crippen molar-refractivity contribution in [3.8, 4) is 11.4 Å². The van der Waals surface area contributed by atoms with Crippen LogP contribution in [0.5, 0.6) is 0 Å². The van der Waals surface area contributed by atoms with Gasteiger partial charge >= 0.3 is 12.1 Å². The minimum Gasteiger partial charge on any atom is -0.454 e. The molecule has 0 atom stereocenters. The summed E-state index contributed by atoms with van der Waals surface area (Å²) < 4.78 is 46.4. The van der Waals surface area contributed by atoms with Crippen molar-refractivity contribution in [1.29, 1.82) is 0 Å². The van der Waals surface area contributed by atoms with E-state index in [9.17, 15) is 22.8 Å². The Morgan fingerprint density at radius 3 is 2.33 bits per heavy atom. The molecule has 2 N–H and O–H groups in total. The average molecular weight is 501 g/mol. The number of rotatable bonds is 6. The van der Waals surface area contributed by atoms with E-state index in [2.05, 4.69) is 25.0 Å². The molecule has 1 aliphatic rings. The van der Waals surface area contributed by atoms with Gasteiger partial charge in [-0.25, -0.2) is 29.4 Å². The molecule has 10 nitrogen and oxygen atoms in total. The number of primary amides is 1. The van der Waals surface area contributed by atoms with E-state index >= 15 is 0 Å². The van der Waals surface area contributed by atoms with Gasteiger partial charge in [0.1, 0.15) is 17.6 Å². The molecule has 0 aromatic carbocycles. The number of pyridine rings is 1. The molecule has 3 heterocycles. The normalized spacial score (nSPS) is 14.6. The second-order valence-electron chi connectivity index (χ2n) is 9.19. The first kappa shape index (κ1) is 24.9. The summed E-state index contributed by atoms with van der Waals surface area (Å²) >= 11 is 0. The van der Waals surface area contributed by atoms with Crippen molar-refractivity contribution < 1.29 is 27.5 Å². The SMILES string of the molecule is CC(C)(C)OC(=O)c1ncc(/C(=C\n2cnc(-c3cc(C4CC4)nc(C(F)(F)F)c3)n2)C(N)=O)cn1. The average Bonchev–Trinajstić information content (AvgIpc) is 3.53. The Bertz CT molecular complexity index is 1340. The highest BCUT2D eigenvalue weighted by molar-refractivity contribution is 6.22. The lowest BCUT2D eigenvalue weighted by molar-refractivity contribution is -0.141. The summed E-state index contributed by atoms with van der Waals surface area (Å²) in [4.78, 5) is 39.9. The van der Waals surface area contributed by atoms with Crippen LogP contribution in [0.2, 0.25) is 0 Å². The molecule has 4 rings (SSSR count). The number of halogens is 3. The lowest BCUT2D eigenvalue weighted by Gasteiger charge is -2.18. The summed E-state index contributed by atoms with van der Waals surface area (Å²) in [5, 5.41) is 4.17. The number of aromatic nitrogens is 6. The van der Waals surface area contributed by atoms with Crippen LogP contribution < -0.4 is 5.73 Å². The Labute approximate surface area is 203 Å². The Balaban J connectivity index is 1.63. The summed E-state index contributed by atoms with van der Waals surface area (Å²) in [5.74, 6) is -1.79. The number of amides is 1. The smallest absolute Gasteiger partial charge is 0.433 e. The molecule has 0 saturated heterocycles. The number of nitrogens with two attached hydrogens (primary N) is 1. The summed E-state index contributed by atoms with van der Waals surface area (Å²) in [5.41, 5.74) is 4.35. The molecule has 1 aliphatic carbocycles. The van der Waals surface area contributed by atoms with Crippen LogP contribution in [0.4, 0.5) is 13.2 Å². The van der Waals surface area contributed by atoms with Crippen molar-refractivity contribution >= 4 is 23.6 Å². The Morgan fingerprint density at radius 1 is 1.11 bits per heavy atom. The molecule has 0 unspecified atom stereocenters. The fraction of sp³-hybridized carbons (Fsp3) is 0.348. The first-order chi connectivity index (χ1) is 16.8. The number of ether oxygens (including phenoxy) is 1. The van der Waals surface area contributed by atoms with Gasteiger partial charge in [0.25, 0.3) is 5.91 Å². The minimum absolute atomic E-state index is 0.0152. The summed E-state index contributed by atoms with van der Waals surface area (Å²) in [6, 6.07) is 2.42. The van der Waals surface area contributed by atoms with Crippen LogP contribution in [0.1, 0.15) is 67.1 Å². The lowest BCUT2D eigenvalue weighted by atomic mass is 10.1. The molecule has 1 amide bonds. The highest BCUT2D eigenvalue weighted by atomic mass is 19.4. The van der Waals surface area contributed by atoms with Crippen molar-refractivity contribution in [2.24, 2.45) is 5.73 Å². The monoisotopic (exact) mass is 501 g/mol. The van der Waals surface area contributed by atoms with Crippen molar-refractivity contribution in [3.63, 3.8) is 0 Å². The first-order valence-electron chi connectivity index (χ1n) is 10.9. The second kappa shape index (κ2) is 9.13. The summed E-state index contributed by atoms with van der Waals surface area (Å²) in [6.45, 7) is 5.09. The maximum atomic E-state index is 13.4. The molecule has 0 spiro atoms. The highest BCUT2D eigenvalue weighted by Gasteiger charge is 2.35. The molecular weight excluding hydrogens is 479 g/mol. The Morgan fingerprint density at radius 2 is 1.78 bits per heavy atom. The van der Waals surface area contributed by atoms with Gasteiger partial charge in [0, 0.05) is 41.3 Å². The van der Waals surface area contributed by atoms with Crippen LogP contribution in [-0.4, -0.2) is 47.2 Å². The zero-order valence-corrected chi connectivity index (χ0v) is 19.6.